The van der Waals surface area contributed by atoms with Crippen LogP contribution in [-0.2, 0) is 6.54 Å². The van der Waals surface area contributed by atoms with Gasteiger partial charge in [0, 0.05) is 18.3 Å². The largest absolute Gasteiger partial charge is 0.454 e. The first-order valence-corrected chi connectivity index (χ1v) is 6.10. The summed E-state index contributed by atoms with van der Waals surface area (Å²) in [6, 6.07) is 7.63. The van der Waals surface area contributed by atoms with Gasteiger partial charge in [-0.1, -0.05) is 17.7 Å². The Bertz CT molecular complexity index is 543. The van der Waals surface area contributed by atoms with E-state index in [4.69, 9.17) is 16.3 Å². The van der Waals surface area contributed by atoms with E-state index in [1.54, 1.807) is 12.4 Å². The maximum Gasteiger partial charge on any atom is 0.150 e. The third kappa shape index (κ3) is 3.00. The van der Waals surface area contributed by atoms with E-state index < -0.39 is 0 Å². The molecule has 0 saturated heterocycles. The summed E-state index contributed by atoms with van der Waals surface area (Å²) < 4.78 is 5.84. The highest BCUT2D eigenvalue weighted by molar-refractivity contribution is 6.32. The quantitative estimate of drug-likeness (QED) is 0.915. The molecular formula is C14H15ClN2O. The van der Waals surface area contributed by atoms with Gasteiger partial charge in [-0.3, -0.25) is 4.98 Å². The first-order valence-electron chi connectivity index (χ1n) is 5.72. The van der Waals surface area contributed by atoms with Crippen molar-refractivity contribution in [2.45, 2.75) is 13.5 Å². The summed E-state index contributed by atoms with van der Waals surface area (Å²) in [4.78, 5) is 4.08. The number of nitrogens with zero attached hydrogens (tertiary/aromatic N) is 1. The molecule has 0 bridgehead atoms. The SMILES string of the molecule is CNCc1ccncc1Oc1cc(C)ccc1Cl. The van der Waals surface area contributed by atoms with Gasteiger partial charge < -0.3 is 10.1 Å². The Balaban J connectivity index is 2.30. The number of hydrogen-bond acceptors (Lipinski definition) is 3. The smallest absolute Gasteiger partial charge is 0.150 e. The van der Waals surface area contributed by atoms with Crippen molar-refractivity contribution in [3.8, 4) is 11.5 Å². The predicted octanol–water partition coefficient (Wildman–Crippen LogP) is 3.56. The Kier molecular flexibility index (Phi) is 4.18. The lowest BCUT2D eigenvalue weighted by Crippen LogP contribution is -2.06. The fourth-order valence-electron chi connectivity index (χ4n) is 1.64. The number of rotatable bonds is 4. The van der Waals surface area contributed by atoms with E-state index in [2.05, 4.69) is 10.3 Å². The minimum absolute atomic E-state index is 0.597. The van der Waals surface area contributed by atoms with Gasteiger partial charge in [0.1, 0.15) is 11.5 Å². The average Bonchev–Trinajstić information content (AvgIpc) is 2.36. The highest BCUT2D eigenvalue weighted by Gasteiger charge is 2.07. The number of nitrogens with one attached hydrogen (secondary N) is 1. The standard InChI is InChI=1S/C14H15ClN2O/c1-10-3-4-12(15)13(7-10)18-14-9-17-6-5-11(14)8-16-2/h3-7,9,16H,8H2,1-2H3. The monoisotopic (exact) mass is 262 g/mol. The van der Waals surface area contributed by atoms with Gasteiger partial charge in [-0.25, -0.2) is 0 Å². The molecule has 0 fully saturated rings. The Morgan fingerprint density at radius 2 is 2.11 bits per heavy atom. The van der Waals surface area contributed by atoms with Gasteiger partial charge >= 0.3 is 0 Å². The molecule has 2 rings (SSSR count). The molecule has 0 atom stereocenters. The lowest BCUT2D eigenvalue weighted by Gasteiger charge is -2.11. The van der Waals surface area contributed by atoms with Crippen LogP contribution in [0, 0.1) is 6.92 Å². The summed E-state index contributed by atoms with van der Waals surface area (Å²) in [7, 11) is 1.89. The van der Waals surface area contributed by atoms with Crippen LogP contribution < -0.4 is 10.1 Å². The van der Waals surface area contributed by atoms with Crippen LogP contribution in [0.3, 0.4) is 0 Å². The van der Waals surface area contributed by atoms with Crippen LogP contribution >= 0.6 is 11.6 Å². The number of aromatic nitrogens is 1. The second-order valence-corrected chi connectivity index (χ2v) is 4.46. The average molecular weight is 263 g/mol. The van der Waals surface area contributed by atoms with Gasteiger partial charge in [0.25, 0.3) is 0 Å². The van der Waals surface area contributed by atoms with Crippen LogP contribution in [0.25, 0.3) is 0 Å². The zero-order chi connectivity index (χ0) is 13.0. The van der Waals surface area contributed by atoms with Crippen molar-refractivity contribution in [3.63, 3.8) is 0 Å². The number of pyridine rings is 1. The van der Waals surface area contributed by atoms with Crippen molar-refractivity contribution in [1.29, 1.82) is 0 Å². The summed E-state index contributed by atoms with van der Waals surface area (Å²) >= 11 is 6.11. The number of aryl methyl sites for hydroxylation is 1. The molecule has 94 valence electrons. The first kappa shape index (κ1) is 12.9. The van der Waals surface area contributed by atoms with Gasteiger partial charge in [0.15, 0.2) is 0 Å². The van der Waals surface area contributed by atoms with Crippen molar-refractivity contribution in [2.24, 2.45) is 0 Å². The van der Waals surface area contributed by atoms with Crippen LogP contribution in [0.15, 0.2) is 36.7 Å². The fraction of sp³-hybridized carbons (Fsp3) is 0.214. The zero-order valence-electron chi connectivity index (χ0n) is 10.4. The molecule has 1 aromatic carbocycles. The maximum absolute atomic E-state index is 6.11. The minimum Gasteiger partial charge on any atom is -0.454 e. The normalized spacial score (nSPS) is 10.4. The molecule has 0 spiro atoms. The predicted molar refractivity (Wildman–Crippen MR) is 73.3 cm³/mol. The Morgan fingerprint density at radius 1 is 1.28 bits per heavy atom. The zero-order valence-corrected chi connectivity index (χ0v) is 11.2. The third-order valence-corrected chi connectivity index (χ3v) is 2.86. The Labute approximate surface area is 112 Å². The van der Waals surface area contributed by atoms with Gasteiger partial charge in [-0.15, -0.1) is 0 Å². The third-order valence-electron chi connectivity index (χ3n) is 2.54. The van der Waals surface area contributed by atoms with Crippen molar-refractivity contribution >= 4 is 11.6 Å². The number of benzene rings is 1. The molecule has 3 nitrogen and oxygen atoms in total. The molecule has 0 aliphatic carbocycles. The Morgan fingerprint density at radius 3 is 2.89 bits per heavy atom. The van der Waals surface area contributed by atoms with Crippen molar-refractivity contribution in [3.05, 3.63) is 52.8 Å². The minimum atomic E-state index is 0.597. The van der Waals surface area contributed by atoms with Gasteiger partial charge in [0.2, 0.25) is 0 Å². The summed E-state index contributed by atoms with van der Waals surface area (Å²) in [5.41, 5.74) is 2.15. The van der Waals surface area contributed by atoms with Crippen LogP contribution in [0.2, 0.25) is 5.02 Å². The summed E-state index contributed by atoms with van der Waals surface area (Å²) in [6.45, 7) is 2.72. The lowest BCUT2D eigenvalue weighted by atomic mass is 10.2. The lowest BCUT2D eigenvalue weighted by molar-refractivity contribution is 0.471. The fourth-order valence-corrected chi connectivity index (χ4v) is 1.80. The van der Waals surface area contributed by atoms with Crippen LogP contribution in [0.5, 0.6) is 11.5 Å². The van der Waals surface area contributed by atoms with Crippen LogP contribution in [0.1, 0.15) is 11.1 Å². The highest BCUT2D eigenvalue weighted by Crippen LogP contribution is 2.31. The van der Waals surface area contributed by atoms with Gasteiger partial charge in [-0.05, 0) is 37.7 Å². The first-order chi connectivity index (χ1) is 8.70. The topological polar surface area (TPSA) is 34.2 Å². The summed E-state index contributed by atoms with van der Waals surface area (Å²) in [5, 5.41) is 3.69. The van der Waals surface area contributed by atoms with E-state index >= 15 is 0 Å². The number of halogens is 1. The van der Waals surface area contributed by atoms with E-state index in [-0.39, 0.29) is 0 Å². The van der Waals surface area contributed by atoms with E-state index in [9.17, 15) is 0 Å². The van der Waals surface area contributed by atoms with E-state index in [1.807, 2.05) is 38.2 Å². The molecule has 18 heavy (non-hydrogen) atoms. The second kappa shape index (κ2) is 5.85. The molecule has 1 N–H and O–H groups in total. The molecule has 0 radical (unpaired) electrons. The summed E-state index contributed by atoms with van der Waals surface area (Å²) in [6.07, 6.45) is 3.45. The molecule has 0 saturated carbocycles. The van der Waals surface area contributed by atoms with Crippen molar-refractivity contribution in [2.75, 3.05) is 7.05 Å². The molecule has 0 aliphatic rings. The van der Waals surface area contributed by atoms with Crippen LogP contribution in [0.4, 0.5) is 0 Å². The van der Waals surface area contributed by atoms with Gasteiger partial charge in [-0.2, -0.15) is 0 Å². The molecular weight excluding hydrogens is 248 g/mol. The van der Waals surface area contributed by atoms with Gasteiger partial charge in [0.05, 0.1) is 11.2 Å². The molecule has 1 heterocycles. The van der Waals surface area contributed by atoms with Crippen molar-refractivity contribution < 1.29 is 4.74 Å². The second-order valence-electron chi connectivity index (χ2n) is 4.05. The molecule has 0 unspecified atom stereocenters. The van der Waals surface area contributed by atoms with E-state index in [0.29, 0.717) is 10.8 Å². The number of hydrogen-bond donors (Lipinski definition) is 1. The van der Waals surface area contributed by atoms with E-state index in [1.165, 1.54) is 0 Å². The number of ether oxygens (including phenoxy) is 1. The highest BCUT2D eigenvalue weighted by atomic mass is 35.5. The molecule has 0 amide bonds. The van der Waals surface area contributed by atoms with Crippen LogP contribution in [-0.4, -0.2) is 12.0 Å². The Hall–Kier alpha value is -1.58. The molecule has 2 aromatic rings. The maximum atomic E-state index is 6.11. The molecule has 1 aromatic heterocycles. The molecule has 0 aliphatic heterocycles. The van der Waals surface area contributed by atoms with Crippen molar-refractivity contribution in [1.82, 2.24) is 10.3 Å². The van der Waals surface area contributed by atoms with E-state index in [0.717, 1.165) is 23.4 Å². The molecule has 4 heteroatoms. The summed E-state index contributed by atoms with van der Waals surface area (Å²) in [5.74, 6) is 1.38.